The number of hydrogen-bond acceptors (Lipinski definition) is 6. The van der Waals surface area contributed by atoms with Crippen molar-refractivity contribution in [3.63, 3.8) is 0 Å². The fourth-order valence-corrected chi connectivity index (χ4v) is 4.65. The van der Waals surface area contributed by atoms with Gasteiger partial charge >= 0.3 is 0 Å². The standard InChI is InChI=1S/C31H36N4O2/c1-17-11-21(12-18(2)29(17)36-27-9-7-23(32)15-25(27)34)31(5,6)22-13-19(3)30(20(4)14-22)37-28-10-8-24(33)16-26(28)35/h7-16H,32-35H2,1-6H3. The molecular weight excluding hydrogens is 460 g/mol. The fourth-order valence-electron chi connectivity index (χ4n) is 4.65. The normalized spacial score (nSPS) is 11.4. The molecule has 0 heterocycles. The number of ether oxygens (including phenoxy) is 2. The van der Waals surface area contributed by atoms with Gasteiger partial charge in [0.2, 0.25) is 0 Å². The molecule has 0 saturated carbocycles. The minimum absolute atomic E-state index is 0.261. The van der Waals surface area contributed by atoms with Crippen molar-refractivity contribution in [2.75, 3.05) is 22.9 Å². The van der Waals surface area contributed by atoms with E-state index in [-0.39, 0.29) is 5.41 Å². The molecule has 0 aliphatic carbocycles. The van der Waals surface area contributed by atoms with Gasteiger partial charge in [0.05, 0.1) is 11.4 Å². The van der Waals surface area contributed by atoms with E-state index in [1.807, 2.05) is 0 Å². The summed E-state index contributed by atoms with van der Waals surface area (Å²) >= 11 is 0. The molecule has 0 fully saturated rings. The quantitative estimate of drug-likeness (QED) is 0.210. The van der Waals surface area contributed by atoms with E-state index in [0.717, 1.165) is 33.8 Å². The Morgan fingerprint density at radius 2 is 0.838 bits per heavy atom. The Bertz CT molecular complexity index is 1330. The highest BCUT2D eigenvalue weighted by molar-refractivity contribution is 5.64. The summed E-state index contributed by atoms with van der Waals surface area (Å²) in [7, 11) is 0. The molecule has 0 unspecified atom stereocenters. The largest absolute Gasteiger partial charge is 0.455 e. The Balaban J connectivity index is 1.66. The van der Waals surface area contributed by atoms with Crippen LogP contribution >= 0.6 is 0 Å². The average Bonchev–Trinajstić information content (AvgIpc) is 2.80. The Morgan fingerprint density at radius 3 is 1.14 bits per heavy atom. The second-order valence-corrected chi connectivity index (χ2v) is 10.3. The molecule has 37 heavy (non-hydrogen) atoms. The summed E-state index contributed by atoms with van der Waals surface area (Å²) in [6.07, 6.45) is 0. The lowest BCUT2D eigenvalue weighted by molar-refractivity contribution is 0.475. The van der Waals surface area contributed by atoms with Gasteiger partial charge in [-0.3, -0.25) is 0 Å². The molecule has 0 saturated heterocycles. The lowest BCUT2D eigenvalue weighted by Crippen LogP contribution is -2.20. The third-order valence-corrected chi connectivity index (χ3v) is 6.86. The van der Waals surface area contributed by atoms with Crippen LogP contribution in [-0.2, 0) is 5.41 Å². The summed E-state index contributed by atoms with van der Waals surface area (Å²) in [6.45, 7) is 12.7. The molecule has 4 aromatic rings. The predicted octanol–water partition coefficient (Wildman–Crippen LogP) is 7.16. The number of rotatable bonds is 6. The zero-order valence-electron chi connectivity index (χ0n) is 22.4. The molecule has 6 heteroatoms. The van der Waals surface area contributed by atoms with Crippen LogP contribution < -0.4 is 32.4 Å². The summed E-state index contributed by atoms with van der Waals surface area (Å²) < 4.78 is 12.4. The number of benzene rings is 4. The molecule has 0 aliphatic rings. The molecule has 192 valence electrons. The monoisotopic (exact) mass is 496 g/mol. The molecule has 0 radical (unpaired) electrons. The van der Waals surface area contributed by atoms with Gasteiger partial charge in [0.1, 0.15) is 23.0 Å². The SMILES string of the molecule is Cc1cc(C(C)(C)c2cc(C)c(Oc3ccc(N)cc3N)c(C)c2)cc(C)c1Oc1ccc(N)cc1N. The van der Waals surface area contributed by atoms with E-state index in [9.17, 15) is 0 Å². The van der Waals surface area contributed by atoms with Gasteiger partial charge in [-0.25, -0.2) is 0 Å². The smallest absolute Gasteiger partial charge is 0.150 e. The molecule has 0 amide bonds. The van der Waals surface area contributed by atoms with Gasteiger partial charge in [-0.05, 0) is 97.5 Å². The van der Waals surface area contributed by atoms with E-state index in [1.54, 1.807) is 36.4 Å². The fraction of sp³-hybridized carbons (Fsp3) is 0.226. The van der Waals surface area contributed by atoms with Crippen molar-refractivity contribution < 1.29 is 9.47 Å². The third-order valence-electron chi connectivity index (χ3n) is 6.86. The van der Waals surface area contributed by atoms with Crippen molar-refractivity contribution in [1.29, 1.82) is 0 Å². The predicted molar refractivity (Wildman–Crippen MR) is 155 cm³/mol. The van der Waals surface area contributed by atoms with Crippen molar-refractivity contribution in [1.82, 2.24) is 0 Å². The average molecular weight is 497 g/mol. The van der Waals surface area contributed by atoms with Crippen LogP contribution in [0.3, 0.4) is 0 Å². The van der Waals surface area contributed by atoms with Crippen LogP contribution in [0.1, 0.15) is 47.2 Å². The molecule has 0 aromatic heterocycles. The maximum absolute atomic E-state index is 6.21. The van der Waals surface area contributed by atoms with Gasteiger partial charge in [-0.15, -0.1) is 0 Å². The molecule has 6 nitrogen and oxygen atoms in total. The van der Waals surface area contributed by atoms with Crippen LogP contribution in [-0.4, -0.2) is 0 Å². The highest BCUT2D eigenvalue weighted by Crippen LogP contribution is 2.41. The van der Waals surface area contributed by atoms with Gasteiger partial charge in [0.15, 0.2) is 0 Å². The van der Waals surface area contributed by atoms with Crippen molar-refractivity contribution in [3.8, 4) is 23.0 Å². The summed E-state index contributed by atoms with van der Waals surface area (Å²) in [5.41, 5.74) is 32.4. The first-order valence-corrected chi connectivity index (χ1v) is 12.3. The number of anilines is 4. The van der Waals surface area contributed by atoms with Crippen LogP contribution in [0.15, 0.2) is 60.7 Å². The molecule has 0 aliphatic heterocycles. The lowest BCUT2D eigenvalue weighted by Gasteiger charge is -2.29. The Labute approximate surface area is 219 Å². The number of hydrogen-bond donors (Lipinski definition) is 4. The topological polar surface area (TPSA) is 123 Å². The zero-order chi connectivity index (χ0) is 27.1. The van der Waals surface area contributed by atoms with Gasteiger partial charge in [-0.1, -0.05) is 38.1 Å². The number of nitrogens with two attached hydrogens (primary N) is 4. The number of aryl methyl sites for hydroxylation is 4. The molecule has 4 aromatic carbocycles. The lowest BCUT2D eigenvalue weighted by atomic mass is 9.76. The van der Waals surface area contributed by atoms with Crippen LogP contribution in [0.25, 0.3) is 0 Å². The Hall–Kier alpha value is -4.32. The van der Waals surface area contributed by atoms with E-state index in [4.69, 9.17) is 32.4 Å². The van der Waals surface area contributed by atoms with Gasteiger partial charge in [0, 0.05) is 16.8 Å². The third kappa shape index (κ3) is 5.14. The summed E-state index contributed by atoms with van der Waals surface area (Å²) in [4.78, 5) is 0. The van der Waals surface area contributed by atoms with Gasteiger partial charge in [0.25, 0.3) is 0 Å². The highest BCUT2D eigenvalue weighted by atomic mass is 16.5. The number of nitrogen functional groups attached to an aromatic ring is 4. The van der Waals surface area contributed by atoms with E-state index < -0.39 is 0 Å². The second-order valence-electron chi connectivity index (χ2n) is 10.3. The minimum atomic E-state index is -0.261. The van der Waals surface area contributed by atoms with Crippen molar-refractivity contribution in [3.05, 3.63) is 94.0 Å². The molecule has 0 atom stereocenters. The molecule has 4 rings (SSSR count). The van der Waals surface area contributed by atoms with E-state index >= 15 is 0 Å². The molecular formula is C31H36N4O2. The molecule has 8 N–H and O–H groups in total. The zero-order valence-corrected chi connectivity index (χ0v) is 22.4. The van der Waals surface area contributed by atoms with Crippen molar-refractivity contribution >= 4 is 22.7 Å². The minimum Gasteiger partial charge on any atom is -0.455 e. The Morgan fingerprint density at radius 1 is 0.514 bits per heavy atom. The van der Waals surface area contributed by atoms with Gasteiger partial charge in [-0.2, -0.15) is 0 Å². The van der Waals surface area contributed by atoms with Crippen LogP contribution in [0.4, 0.5) is 22.7 Å². The van der Waals surface area contributed by atoms with Gasteiger partial charge < -0.3 is 32.4 Å². The first-order chi connectivity index (χ1) is 17.4. The van der Waals surface area contributed by atoms with Crippen molar-refractivity contribution in [2.24, 2.45) is 0 Å². The maximum Gasteiger partial charge on any atom is 0.150 e. The second kappa shape index (κ2) is 9.62. The highest BCUT2D eigenvalue weighted by Gasteiger charge is 2.27. The maximum atomic E-state index is 6.21. The van der Waals surface area contributed by atoms with Crippen LogP contribution in [0.2, 0.25) is 0 Å². The summed E-state index contributed by atoms with van der Waals surface area (Å²) in [5, 5.41) is 0. The van der Waals surface area contributed by atoms with E-state index in [0.29, 0.717) is 34.2 Å². The first kappa shape index (κ1) is 25.8. The van der Waals surface area contributed by atoms with E-state index in [1.165, 1.54) is 11.1 Å². The van der Waals surface area contributed by atoms with E-state index in [2.05, 4.69) is 65.8 Å². The summed E-state index contributed by atoms with van der Waals surface area (Å²) in [6, 6.07) is 19.3. The molecule has 0 bridgehead atoms. The van der Waals surface area contributed by atoms with Crippen LogP contribution in [0, 0.1) is 27.7 Å². The first-order valence-electron chi connectivity index (χ1n) is 12.3. The molecule has 0 spiro atoms. The summed E-state index contributed by atoms with van der Waals surface area (Å²) in [5.74, 6) is 2.79. The van der Waals surface area contributed by atoms with Crippen LogP contribution in [0.5, 0.6) is 23.0 Å². The Kier molecular flexibility index (Phi) is 6.70. The van der Waals surface area contributed by atoms with Crippen molar-refractivity contribution in [2.45, 2.75) is 47.0 Å².